The molecule has 0 radical (unpaired) electrons. The van der Waals surface area contributed by atoms with Gasteiger partial charge in [0.15, 0.2) is 0 Å². The van der Waals surface area contributed by atoms with Crippen LogP contribution in [0.25, 0.3) is 22.0 Å². The van der Waals surface area contributed by atoms with E-state index in [0.29, 0.717) is 0 Å². The third-order valence-electron chi connectivity index (χ3n) is 2.67. The Morgan fingerprint density at radius 1 is 0.941 bits per heavy atom. The van der Waals surface area contributed by atoms with Crippen LogP contribution in [0.1, 0.15) is 0 Å². The molecule has 2 aromatic carbocycles. The van der Waals surface area contributed by atoms with Crippen molar-refractivity contribution < 1.29 is 23.9 Å². The molecule has 3 rings (SSSR count). The van der Waals surface area contributed by atoms with Crippen molar-refractivity contribution in [1.82, 2.24) is 4.98 Å². The maximum absolute atomic E-state index is 12.8. The summed E-state index contributed by atoms with van der Waals surface area (Å²) >= 11 is 0. The van der Waals surface area contributed by atoms with Gasteiger partial charge >= 0.3 is 0 Å². The van der Waals surface area contributed by atoms with E-state index in [9.17, 15) is 4.39 Å². The first-order chi connectivity index (χ1) is 7.83. The van der Waals surface area contributed by atoms with Gasteiger partial charge < -0.3 is 4.98 Å². The summed E-state index contributed by atoms with van der Waals surface area (Å²) in [4.78, 5) is 3.04. The Labute approximate surface area is 111 Å². The van der Waals surface area contributed by atoms with Crippen molar-refractivity contribution in [3.05, 3.63) is 60.5 Å². The van der Waals surface area contributed by atoms with Crippen LogP contribution >= 0.6 is 0 Å². The summed E-state index contributed by atoms with van der Waals surface area (Å²) < 4.78 is 12.8. The van der Waals surface area contributed by atoms with Crippen LogP contribution in [-0.4, -0.2) is 4.98 Å². The van der Waals surface area contributed by atoms with Crippen molar-refractivity contribution in [1.29, 1.82) is 0 Å². The molecule has 0 saturated carbocycles. The van der Waals surface area contributed by atoms with Gasteiger partial charge in [-0.15, -0.1) is 17.8 Å². The van der Waals surface area contributed by atoms with E-state index in [2.05, 4.69) is 11.2 Å². The number of hydrogen-bond donors (Lipinski definition) is 1. The first-order valence-electron chi connectivity index (χ1n) is 5.08. The second-order valence-corrected chi connectivity index (χ2v) is 3.72. The molecule has 0 unspecified atom stereocenters. The molecule has 0 saturated heterocycles. The van der Waals surface area contributed by atoms with Gasteiger partial charge in [0, 0.05) is 19.5 Å². The number of aromatic amines is 1. The van der Waals surface area contributed by atoms with Gasteiger partial charge in [-0.1, -0.05) is 24.3 Å². The van der Waals surface area contributed by atoms with Gasteiger partial charge in [0.1, 0.15) is 5.82 Å². The summed E-state index contributed by atoms with van der Waals surface area (Å²) in [5.74, 6) is -0.210. The molecule has 80 valence electrons. The van der Waals surface area contributed by atoms with E-state index in [1.807, 2.05) is 24.3 Å². The van der Waals surface area contributed by atoms with Gasteiger partial charge in [-0.05, 0) is 23.3 Å². The van der Waals surface area contributed by atoms with Crippen LogP contribution in [0.4, 0.5) is 4.39 Å². The fraction of sp³-hybridized carbons (Fsp3) is 0. The molecule has 17 heavy (non-hydrogen) atoms. The molecule has 0 aliphatic rings. The van der Waals surface area contributed by atoms with E-state index in [0.717, 1.165) is 22.0 Å². The predicted molar refractivity (Wildman–Crippen MR) is 62.5 cm³/mol. The molecule has 0 amide bonds. The van der Waals surface area contributed by atoms with E-state index >= 15 is 0 Å². The van der Waals surface area contributed by atoms with Crippen molar-refractivity contribution in [3.8, 4) is 11.1 Å². The Bertz CT molecular complexity index is 628. The number of fused-ring (bicyclic) bond motifs is 1. The van der Waals surface area contributed by atoms with Crippen LogP contribution in [0, 0.1) is 12.0 Å². The minimum absolute atomic E-state index is 0. The number of halogens is 1. The summed E-state index contributed by atoms with van der Waals surface area (Å²) in [6, 6.07) is 14.5. The van der Waals surface area contributed by atoms with Gasteiger partial charge in [-0.25, -0.2) is 4.39 Å². The van der Waals surface area contributed by atoms with Crippen LogP contribution in [0.2, 0.25) is 0 Å². The Morgan fingerprint density at radius 2 is 1.65 bits per heavy atom. The summed E-state index contributed by atoms with van der Waals surface area (Å²) in [7, 11) is 0. The minimum atomic E-state index is -0.210. The normalized spacial score (nSPS) is 10.2. The zero-order valence-corrected chi connectivity index (χ0v) is 12.2. The Kier molecular flexibility index (Phi) is 3.39. The quantitative estimate of drug-likeness (QED) is 0.514. The predicted octanol–water partition coefficient (Wildman–Crippen LogP) is 3.77. The van der Waals surface area contributed by atoms with Gasteiger partial charge in [0.05, 0.1) is 0 Å². The molecule has 0 aliphatic carbocycles. The van der Waals surface area contributed by atoms with Gasteiger partial charge in [0.2, 0.25) is 0 Å². The molecule has 1 N–H and O–H groups in total. The molecular formula is C14H9FNZn-. The minimum Gasteiger partial charge on any atom is -0.477 e. The number of hydrogen-bond acceptors (Lipinski definition) is 0. The smallest absolute Gasteiger partial charge is 0.123 e. The molecule has 0 fully saturated rings. The SMILES string of the molecule is Fc1ccc(-c2ccc3c[c-][nH]c3c2)cc1.[Zn]. The van der Waals surface area contributed by atoms with Crippen LogP contribution < -0.4 is 0 Å². The maximum atomic E-state index is 12.8. The summed E-state index contributed by atoms with van der Waals surface area (Å²) in [5.41, 5.74) is 3.13. The number of aromatic nitrogens is 1. The fourth-order valence-corrected chi connectivity index (χ4v) is 1.80. The van der Waals surface area contributed by atoms with E-state index in [1.54, 1.807) is 12.1 Å². The number of benzene rings is 2. The third kappa shape index (κ3) is 2.30. The maximum Gasteiger partial charge on any atom is 0.123 e. The Hall–Kier alpha value is -1.47. The van der Waals surface area contributed by atoms with Crippen LogP contribution in [0.5, 0.6) is 0 Å². The molecule has 3 aromatic rings. The second kappa shape index (κ2) is 4.81. The van der Waals surface area contributed by atoms with E-state index < -0.39 is 0 Å². The monoisotopic (exact) mass is 274 g/mol. The second-order valence-electron chi connectivity index (χ2n) is 3.72. The summed E-state index contributed by atoms with van der Waals surface area (Å²) in [5, 5.41) is 1.13. The molecule has 0 atom stereocenters. The molecule has 3 heteroatoms. The van der Waals surface area contributed by atoms with Crippen LogP contribution in [0.3, 0.4) is 0 Å². The molecule has 0 aliphatic heterocycles. The first-order valence-corrected chi connectivity index (χ1v) is 5.08. The van der Waals surface area contributed by atoms with Crippen LogP contribution in [0.15, 0.2) is 48.5 Å². The van der Waals surface area contributed by atoms with E-state index in [-0.39, 0.29) is 25.3 Å². The van der Waals surface area contributed by atoms with Gasteiger partial charge in [0.25, 0.3) is 0 Å². The van der Waals surface area contributed by atoms with Crippen LogP contribution in [-0.2, 0) is 19.5 Å². The van der Waals surface area contributed by atoms with Gasteiger partial charge in [-0.2, -0.15) is 11.5 Å². The molecule has 0 spiro atoms. The van der Waals surface area contributed by atoms with Gasteiger partial charge in [-0.3, -0.25) is 0 Å². The Morgan fingerprint density at radius 3 is 2.41 bits per heavy atom. The van der Waals surface area contributed by atoms with Crippen molar-refractivity contribution in [2.24, 2.45) is 0 Å². The average Bonchev–Trinajstić information content (AvgIpc) is 2.77. The number of nitrogens with one attached hydrogen (secondary N) is 1. The zero-order chi connectivity index (χ0) is 11.0. The standard InChI is InChI=1S/C14H9FN.Zn/c15-13-5-3-10(4-6-13)12-2-1-11-7-8-16-14(11)9-12;/h1-7,9,16H;/q-1;. The number of rotatable bonds is 1. The number of H-pyrrole nitrogens is 1. The summed E-state index contributed by atoms with van der Waals surface area (Å²) in [6.45, 7) is 0. The molecule has 0 bridgehead atoms. The molecular weight excluding hydrogens is 267 g/mol. The van der Waals surface area contributed by atoms with Crippen molar-refractivity contribution in [2.75, 3.05) is 0 Å². The van der Waals surface area contributed by atoms with Crippen molar-refractivity contribution in [2.45, 2.75) is 0 Å². The topological polar surface area (TPSA) is 15.8 Å². The van der Waals surface area contributed by atoms with Crippen molar-refractivity contribution >= 4 is 10.9 Å². The van der Waals surface area contributed by atoms with Crippen molar-refractivity contribution in [3.63, 3.8) is 0 Å². The molecule has 1 heterocycles. The van der Waals surface area contributed by atoms with E-state index in [4.69, 9.17) is 0 Å². The molecule has 1 nitrogen and oxygen atoms in total. The zero-order valence-electron chi connectivity index (χ0n) is 9.20. The Balaban J connectivity index is 0.00000108. The largest absolute Gasteiger partial charge is 0.477 e. The third-order valence-corrected chi connectivity index (χ3v) is 2.67. The summed E-state index contributed by atoms with van der Waals surface area (Å²) in [6.07, 6.45) is 2.94. The first kappa shape index (κ1) is 12.0. The van der Waals surface area contributed by atoms with E-state index in [1.165, 1.54) is 12.1 Å². The molecule has 1 aromatic heterocycles. The fourth-order valence-electron chi connectivity index (χ4n) is 1.80. The average molecular weight is 276 g/mol.